The zero-order chi connectivity index (χ0) is 14.5. The summed E-state index contributed by atoms with van der Waals surface area (Å²) in [5.41, 5.74) is 1.02. The third kappa shape index (κ3) is 3.92. The molecule has 0 aliphatic carbocycles. The molecule has 1 N–H and O–H groups in total. The Morgan fingerprint density at radius 3 is 2.75 bits per heavy atom. The first-order valence-electron chi connectivity index (χ1n) is 7.86. The highest BCUT2D eigenvalue weighted by molar-refractivity contribution is 5.38. The van der Waals surface area contributed by atoms with Crippen LogP contribution in [0.25, 0.3) is 0 Å². The van der Waals surface area contributed by atoms with Gasteiger partial charge in [-0.25, -0.2) is 4.98 Å². The van der Waals surface area contributed by atoms with Crippen molar-refractivity contribution in [2.75, 3.05) is 18.0 Å². The second kappa shape index (κ2) is 7.02. The fourth-order valence-electron chi connectivity index (χ4n) is 2.74. The largest absolute Gasteiger partial charge is 0.352 e. The Kier molecular flexibility index (Phi) is 5.35. The smallest absolute Gasteiger partial charge is 0.147 e. The average molecular weight is 276 g/mol. The molecular weight excluding hydrogens is 248 g/mol. The lowest BCUT2D eigenvalue weighted by molar-refractivity contribution is 0.361. The van der Waals surface area contributed by atoms with Crippen molar-refractivity contribution in [2.24, 2.45) is 11.8 Å². The number of hydrogen-bond acceptors (Lipinski definition) is 4. The minimum absolute atomic E-state index is 0.558. The van der Waals surface area contributed by atoms with Crippen molar-refractivity contribution in [1.82, 2.24) is 15.3 Å². The molecule has 0 amide bonds. The van der Waals surface area contributed by atoms with Crippen molar-refractivity contribution in [3.8, 4) is 0 Å². The van der Waals surface area contributed by atoms with Crippen molar-refractivity contribution in [2.45, 2.75) is 53.1 Å². The molecule has 2 rings (SSSR count). The summed E-state index contributed by atoms with van der Waals surface area (Å²) in [6.45, 7) is 12.0. The normalized spacial score (nSPS) is 23.4. The van der Waals surface area contributed by atoms with Gasteiger partial charge < -0.3 is 10.2 Å². The molecule has 2 unspecified atom stereocenters. The van der Waals surface area contributed by atoms with Gasteiger partial charge in [0.1, 0.15) is 5.82 Å². The molecule has 4 nitrogen and oxygen atoms in total. The predicted molar refractivity (Wildman–Crippen MR) is 83.8 cm³/mol. The van der Waals surface area contributed by atoms with E-state index in [-0.39, 0.29) is 0 Å². The van der Waals surface area contributed by atoms with Gasteiger partial charge in [0, 0.05) is 19.1 Å². The Hall–Kier alpha value is -1.16. The summed E-state index contributed by atoms with van der Waals surface area (Å²) >= 11 is 0. The van der Waals surface area contributed by atoms with Crippen LogP contribution in [0.5, 0.6) is 0 Å². The van der Waals surface area contributed by atoms with Crippen LogP contribution in [0.3, 0.4) is 0 Å². The van der Waals surface area contributed by atoms with Crippen molar-refractivity contribution in [3.63, 3.8) is 0 Å². The Morgan fingerprint density at radius 2 is 2.10 bits per heavy atom. The zero-order valence-electron chi connectivity index (χ0n) is 13.3. The molecule has 1 aromatic heterocycles. The van der Waals surface area contributed by atoms with Crippen LogP contribution in [0.1, 0.15) is 46.2 Å². The standard InChI is InChI=1S/C16H28N4/c1-12(2)8-17-9-15-10-19-16(11-18-15)20-7-5-6-13(3)14(20)4/h10-14,17H,5-9H2,1-4H3. The molecule has 1 saturated heterocycles. The van der Waals surface area contributed by atoms with Gasteiger partial charge >= 0.3 is 0 Å². The Balaban J connectivity index is 1.93. The van der Waals surface area contributed by atoms with Crippen molar-refractivity contribution < 1.29 is 0 Å². The molecule has 1 aliphatic heterocycles. The minimum atomic E-state index is 0.558. The van der Waals surface area contributed by atoms with Crippen molar-refractivity contribution in [3.05, 3.63) is 18.1 Å². The van der Waals surface area contributed by atoms with E-state index in [4.69, 9.17) is 0 Å². The van der Waals surface area contributed by atoms with E-state index in [1.54, 1.807) is 0 Å². The Morgan fingerprint density at radius 1 is 1.30 bits per heavy atom. The van der Waals surface area contributed by atoms with Gasteiger partial charge in [-0.05, 0) is 38.1 Å². The average Bonchev–Trinajstić information content (AvgIpc) is 2.42. The second-order valence-corrected chi connectivity index (χ2v) is 6.44. The topological polar surface area (TPSA) is 41.1 Å². The lowest BCUT2D eigenvalue weighted by Gasteiger charge is -2.38. The number of hydrogen-bond donors (Lipinski definition) is 1. The highest BCUT2D eigenvalue weighted by atomic mass is 15.2. The molecule has 1 aromatic rings. The van der Waals surface area contributed by atoms with Gasteiger partial charge in [0.15, 0.2) is 0 Å². The highest BCUT2D eigenvalue weighted by Gasteiger charge is 2.25. The van der Waals surface area contributed by atoms with Gasteiger partial charge in [0.05, 0.1) is 18.1 Å². The van der Waals surface area contributed by atoms with E-state index in [0.29, 0.717) is 12.0 Å². The molecule has 0 bridgehead atoms. The number of nitrogens with zero attached hydrogens (tertiary/aromatic N) is 3. The molecule has 2 heterocycles. The maximum absolute atomic E-state index is 4.61. The summed E-state index contributed by atoms with van der Waals surface area (Å²) in [5, 5.41) is 3.40. The summed E-state index contributed by atoms with van der Waals surface area (Å²) in [6.07, 6.45) is 6.42. The summed E-state index contributed by atoms with van der Waals surface area (Å²) in [4.78, 5) is 11.5. The van der Waals surface area contributed by atoms with Gasteiger partial charge in [-0.3, -0.25) is 4.98 Å². The van der Waals surface area contributed by atoms with Crippen LogP contribution in [-0.4, -0.2) is 29.1 Å². The number of anilines is 1. The van der Waals surface area contributed by atoms with E-state index in [0.717, 1.165) is 37.1 Å². The van der Waals surface area contributed by atoms with Crippen LogP contribution >= 0.6 is 0 Å². The Labute approximate surface area is 123 Å². The SMILES string of the molecule is CC(C)CNCc1cnc(N2CCCC(C)C2C)cn1. The maximum Gasteiger partial charge on any atom is 0.147 e. The lowest BCUT2D eigenvalue weighted by atomic mass is 9.92. The van der Waals surface area contributed by atoms with Gasteiger partial charge in [0.25, 0.3) is 0 Å². The number of aromatic nitrogens is 2. The third-order valence-electron chi connectivity index (χ3n) is 4.22. The monoisotopic (exact) mass is 276 g/mol. The van der Waals surface area contributed by atoms with Crippen LogP contribution in [0.4, 0.5) is 5.82 Å². The van der Waals surface area contributed by atoms with Crippen LogP contribution in [-0.2, 0) is 6.54 Å². The summed E-state index contributed by atoms with van der Waals surface area (Å²) < 4.78 is 0. The van der Waals surface area contributed by atoms with E-state index in [1.807, 2.05) is 12.4 Å². The second-order valence-electron chi connectivity index (χ2n) is 6.44. The molecule has 0 spiro atoms. The molecule has 2 atom stereocenters. The molecule has 4 heteroatoms. The van der Waals surface area contributed by atoms with Gasteiger partial charge in [0.2, 0.25) is 0 Å². The van der Waals surface area contributed by atoms with Gasteiger partial charge in [-0.15, -0.1) is 0 Å². The molecule has 0 aromatic carbocycles. The summed E-state index contributed by atoms with van der Waals surface area (Å²) in [6, 6.07) is 0.558. The first-order valence-corrected chi connectivity index (χ1v) is 7.86. The predicted octanol–water partition coefficient (Wildman–Crippen LogP) is 2.85. The van der Waals surface area contributed by atoms with Crippen LogP contribution in [0.15, 0.2) is 12.4 Å². The number of rotatable bonds is 5. The molecule has 1 fully saturated rings. The minimum Gasteiger partial charge on any atom is -0.352 e. The van der Waals surface area contributed by atoms with Crippen molar-refractivity contribution >= 4 is 5.82 Å². The lowest BCUT2D eigenvalue weighted by Crippen LogP contribution is -2.43. The fraction of sp³-hybridized carbons (Fsp3) is 0.750. The molecule has 0 saturated carbocycles. The fourth-order valence-corrected chi connectivity index (χ4v) is 2.74. The number of nitrogens with one attached hydrogen (secondary N) is 1. The first kappa shape index (κ1) is 15.2. The van der Waals surface area contributed by atoms with E-state index in [9.17, 15) is 0 Å². The summed E-state index contributed by atoms with van der Waals surface area (Å²) in [5.74, 6) is 2.42. The van der Waals surface area contributed by atoms with Crippen LogP contribution < -0.4 is 10.2 Å². The van der Waals surface area contributed by atoms with Gasteiger partial charge in [-0.1, -0.05) is 20.8 Å². The van der Waals surface area contributed by atoms with E-state index in [2.05, 4.69) is 47.9 Å². The van der Waals surface area contributed by atoms with E-state index in [1.165, 1.54) is 12.8 Å². The van der Waals surface area contributed by atoms with Crippen molar-refractivity contribution in [1.29, 1.82) is 0 Å². The number of piperidine rings is 1. The van der Waals surface area contributed by atoms with E-state index < -0.39 is 0 Å². The van der Waals surface area contributed by atoms with Crippen LogP contribution in [0, 0.1) is 11.8 Å². The molecular formula is C16H28N4. The third-order valence-corrected chi connectivity index (χ3v) is 4.22. The first-order chi connectivity index (χ1) is 9.58. The quantitative estimate of drug-likeness (QED) is 0.898. The maximum atomic E-state index is 4.61. The molecule has 20 heavy (non-hydrogen) atoms. The Bertz CT molecular complexity index is 401. The molecule has 112 valence electrons. The highest BCUT2D eigenvalue weighted by Crippen LogP contribution is 2.26. The summed E-state index contributed by atoms with van der Waals surface area (Å²) in [7, 11) is 0. The zero-order valence-corrected chi connectivity index (χ0v) is 13.3. The van der Waals surface area contributed by atoms with Crippen LogP contribution in [0.2, 0.25) is 0 Å². The molecule has 0 radical (unpaired) electrons. The molecule has 1 aliphatic rings. The van der Waals surface area contributed by atoms with E-state index >= 15 is 0 Å². The van der Waals surface area contributed by atoms with Gasteiger partial charge in [-0.2, -0.15) is 0 Å².